The van der Waals surface area contributed by atoms with Crippen LogP contribution in [0, 0.1) is 17.8 Å². The summed E-state index contributed by atoms with van der Waals surface area (Å²) in [7, 11) is 0. The van der Waals surface area contributed by atoms with Gasteiger partial charge in [-0.15, -0.1) is 0 Å². The molecule has 2 aliphatic rings. The highest BCUT2D eigenvalue weighted by atomic mass is 16.1. The van der Waals surface area contributed by atoms with Gasteiger partial charge < -0.3 is 0 Å². The summed E-state index contributed by atoms with van der Waals surface area (Å²) in [6, 6.07) is 8.81. The fraction of sp³-hybridized carbons (Fsp3) is 0.421. The minimum Gasteiger partial charge on any atom is -0.299 e. The van der Waals surface area contributed by atoms with Crippen LogP contribution in [0.3, 0.4) is 0 Å². The Labute approximate surface area is 121 Å². The van der Waals surface area contributed by atoms with Crippen LogP contribution >= 0.6 is 0 Å². The topological polar surface area (TPSA) is 17.1 Å². The van der Waals surface area contributed by atoms with Crippen molar-refractivity contribution < 1.29 is 4.79 Å². The molecule has 0 radical (unpaired) electrons. The predicted molar refractivity (Wildman–Crippen MR) is 83.4 cm³/mol. The van der Waals surface area contributed by atoms with Crippen molar-refractivity contribution in [2.24, 2.45) is 17.8 Å². The molecule has 1 aromatic rings. The van der Waals surface area contributed by atoms with Crippen molar-refractivity contribution in [1.82, 2.24) is 0 Å². The van der Waals surface area contributed by atoms with E-state index in [9.17, 15) is 4.79 Å². The molecule has 0 amide bonds. The molecule has 3 atom stereocenters. The minimum absolute atomic E-state index is 0.153. The molecule has 0 bridgehead atoms. The molecular formula is C19H22O. The molecule has 1 heteroatoms. The maximum atomic E-state index is 10.5. The standard InChI is InChI=1S/C19H22O/c1-13-12-15-14-8-4-5-9-16(14)19(2,3)17(18(13)15)10-6-7-11-20/h4-9,11-13,17-18H,10H2,1-3H3/b7-6+. The van der Waals surface area contributed by atoms with Gasteiger partial charge in [0.25, 0.3) is 0 Å². The van der Waals surface area contributed by atoms with Gasteiger partial charge in [-0.2, -0.15) is 0 Å². The van der Waals surface area contributed by atoms with E-state index in [0.717, 1.165) is 12.7 Å². The maximum absolute atomic E-state index is 10.5. The second-order valence-electron chi connectivity index (χ2n) is 6.68. The first kappa shape index (κ1) is 13.4. The van der Waals surface area contributed by atoms with Crippen molar-refractivity contribution in [1.29, 1.82) is 0 Å². The number of allylic oxidation sites excluding steroid dienone is 4. The summed E-state index contributed by atoms with van der Waals surface area (Å²) in [6.07, 6.45) is 7.95. The smallest absolute Gasteiger partial charge is 0.142 e. The Morgan fingerprint density at radius 2 is 2.00 bits per heavy atom. The third-order valence-electron chi connectivity index (χ3n) is 5.27. The zero-order chi connectivity index (χ0) is 14.3. The highest BCUT2D eigenvalue weighted by Crippen LogP contribution is 2.57. The second kappa shape index (κ2) is 4.73. The molecule has 1 nitrogen and oxygen atoms in total. The third-order valence-corrected chi connectivity index (χ3v) is 5.27. The van der Waals surface area contributed by atoms with Gasteiger partial charge in [0.2, 0.25) is 0 Å². The van der Waals surface area contributed by atoms with E-state index in [1.54, 1.807) is 6.08 Å². The van der Waals surface area contributed by atoms with Crippen LogP contribution < -0.4 is 0 Å². The summed E-state index contributed by atoms with van der Waals surface area (Å²) in [5.41, 5.74) is 4.58. The van der Waals surface area contributed by atoms with Crippen molar-refractivity contribution >= 4 is 11.9 Å². The lowest BCUT2D eigenvalue weighted by molar-refractivity contribution is -0.104. The first-order valence-electron chi connectivity index (χ1n) is 7.49. The molecule has 3 unspecified atom stereocenters. The lowest BCUT2D eigenvalue weighted by atomic mass is 9.51. The zero-order valence-corrected chi connectivity index (χ0v) is 12.5. The van der Waals surface area contributed by atoms with E-state index < -0.39 is 0 Å². The number of carbonyl (C=O) groups is 1. The molecule has 104 valence electrons. The van der Waals surface area contributed by atoms with Crippen LogP contribution in [-0.2, 0) is 10.2 Å². The zero-order valence-electron chi connectivity index (χ0n) is 12.5. The number of hydrogen-bond donors (Lipinski definition) is 0. The van der Waals surface area contributed by atoms with E-state index >= 15 is 0 Å². The lowest BCUT2D eigenvalue weighted by Crippen LogP contribution is -2.45. The van der Waals surface area contributed by atoms with Crippen molar-refractivity contribution in [2.75, 3.05) is 0 Å². The summed E-state index contributed by atoms with van der Waals surface area (Å²) in [4.78, 5) is 10.5. The Bertz CT molecular complexity index is 592. The van der Waals surface area contributed by atoms with Crippen LogP contribution in [0.4, 0.5) is 0 Å². The molecule has 1 aromatic carbocycles. The number of fused-ring (bicyclic) bond motifs is 3. The predicted octanol–water partition coefficient (Wildman–Crippen LogP) is 4.39. The number of aldehydes is 1. The molecule has 0 spiro atoms. The fourth-order valence-electron chi connectivity index (χ4n) is 4.18. The monoisotopic (exact) mass is 266 g/mol. The van der Waals surface area contributed by atoms with E-state index in [2.05, 4.69) is 51.1 Å². The van der Waals surface area contributed by atoms with Crippen molar-refractivity contribution in [2.45, 2.75) is 32.6 Å². The summed E-state index contributed by atoms with van der Waals surface area (Å²) in [5.74, 6) is 1.85. The molecule has 3 rings (SSSR count). The Morgan fingerprint density at radius 3 is 2.70 bits per heavy atom. The molecular weight excluding hydrogens is 244 g/mol. The summed E-state index contributed by atoms with van der Waals surface area (Å²) < 4.78 is 0. The van der Waals surface area contributed by atoms with Crippen LogP contribution in [0.5, 0.6) is 0 Å². The fourth-order valence-corrected chi connectivity index (χ4v) is 4.18. The molecule has 0 saturated heterocycles. The third kappa shape index (κ3) is 1.80. The number of hydrogen-bond acceptors (Lipinski definition) is 1. The summed E-state index contributed by atoms with van der Waals surface area (Å²) in [5, 5.41) is 0. The largest absolute Gasteiger partial charge is 0.299 e. The highest BCUT2D eigenvalue weighted by Gasteiger charge is 2.48. The number of benzene rings is 1. The molecule has 0 aromatic heterocycles. The normalized spacial score (nSPS) is 30.1. The Kier molecular flexibility index (Phi) is 3.16. The van der Waals surface area contributed by atoms with Gasteiger partial charge in [0.1, 0.15) is 6.29 Å². The van der Waals surface area contributed by atoms with Crippen LogP contribution in [0.25, 0.3) is 5.57 Å². The van der Waals surface area contributed by atoms with Gasteiger partial charge in [-0.05, 0) is 52.4 Å². The molecule has 2 aliphatic carbocycles. The van der Waals surface area contributed by atoms with Crippen LogP contribution in [-0.4, -0.2) is 6.29 Å². The molecule has 0 fully saturated rings. The molecule has 0 heterocycles. The van der Waals surface area contributed by atoms with Crippen LogP contribution in [0.1, 0.15) is 38.3 Å². The summed E-state index contributed by atoms with van der Waals surface area (Å²) >= 11 is 0. The van der Waals surface area contributed by atoms with Gasteiger partial charge in [-0.1, -0.05) is 57.2 Å². The van der Waals surface area contributed by atoms with Gasteiger partial charge in [0.15, 0.2) is 0 Å². The maximum Gasteiger partial charge on any atom is 0.142 e. The lowest BCUT2D eigenvalue weighted by Gasteiger charge is -2.52. The Hall–Kier alpha value is -1.63. The highest BCUT2D eigenvalue weighted by molar-refractivity contribution is 5.78. The van der Waals surface area contributed by atoms with Gasteiger partial charge in [-0.25, -0.2) is 0 Å². The van der Waals surface area contributed by atoms with E-state index in [1.165, 1.54) is 16.7 Å². The van der Waals surface area contributed by atoms with E-state index in [1.807, 2.05) is 6.08 Å². The molecule has 0 aliphatic heterocycles. The van der Waals surface area contributed by atoms with Gasteiger partial charge >= 0.3 is 0 Å². The Balaban J connectivity index is 2.07. The van der Waals surface area contributed by atoms with Crippen molar-refractivity contribution in [3.63, 3.8) is 0 Å². The number of rotatable bonds is 3. The molecule has 0 N–H and O–H groups in total. The van der Waals surface area contributed by atoms with E-state index in [-0.39, 0.29) is 5.41 Å². The van der Waals surface area contributed by atoms with E-state index in [4.69, 9.17) is 0 Å². The number of carbonyl (C=O) groups excluding carboxylic acids is 1. The van der Waals surface area contributed by atoms with Crippen LogP contribution in [0.2, 0.25) is 0 Å². The van der Waals surface area contributed by atoms with Crippen LogP contribution in [0.15, 0.2) is 42.5 Å². The van der Waals surface area contributed by atoms with E-state index in [0.29, 0.717) is 17.8 Å². The SMILES string of the molecule is CC1C=C2c3ccccc3C(C)(C)C(C/C=C/C=O)C21. The second-order valence-corrected chi connectivity index (χ2v) is 6.68. The average Bonchev–Trinajstić information content (AvgIpc) is 2.42. The van der Waals surface area contributed by atoms with Crippen molar-refractivity contribution in [3.8, 4) is 0 Å². The van der Waals surface area contributed by atoms with Gasteiger partial charge in [0, 0.05) is 0 Å². The average molecular weight is 266 g/mol. The summed E-state index contributed by atoms with van der Waals surface area (Å²) in [6.45, 7) is 7.02. The first-order valence-corrected chi connectivity index (χ1v) is 7.49. The molecule has 0 saturated carbocycles. The first-order chi connectivity index (χ1) is 9.57. The quantitative estimate of drug-likeness (QED) is 0.586. The minimum atomic E-state index is 0.153. The Morgan fingerprint density at radius 1 is 1.25 bits per heavy atom. The van der Waals surface area contributed by atoms with Gasteiger partial charge in [0.05, 0.1) is 0 Å². The molecule has 20 heavy (non-hydrogen) atoms. The van der Waals surface area contributed by atoms with Crippen molar-refractivity contribution in [3.05, 3.63) is 53.6 Å². The van der Waals surface area contributed by atoms with Gasteiger partial charge in [-0.3, -0.25) is 4.79 Å².